The lowest BCUT2D eigenvalue weighted by Gasteiger charge is -2.15. The highest BCUT2D eigenvalue weighted by atomic mass is 35.5. The number of rotatable bonds is 4. The van der Waals surface area contributed by atoms with Gasteiger partial charge >= 0.3 is 0 Å². The normalized spacial score (nSPS) is 11.0. The second kappa shape index (κ2) is 6.39. The van der Waals surface area contributed by atoms with Gasteiger partial charge in [-0.2, -0.15) is 0 Å². The summed E-state index contributed by atoms with van der Waals surface area (Å²) in [4.78, 5) is 9.18. The molecule has 2 rings (SSSR count). The summed E-state index contributed by atoms with van der Waals surface area (Å²) in [5.74, 6) is 1.35. The van der Waals surface area contributed by atoms with Gasteiger partial charge in [0.05, 0.1) is 10.7 Å². The van der Waals surface area contributed by atoms with E-state index in [0.29, 0.717) is 0 Å². The zero-order chi connectivity index (χ0) is 15.6. The van der Waals surface area contributed by atoms with Gasteiger partial charge < -0.3 is 5.32 Å². The largest absolute Gasteiger partial charge is 0.370 e. The molecule has 0 fully saturated rings. The van der Waals surface area contributed by atoms with Gasteiger partial charge in [0.25, 0.3) is 0 Å². The van der Waals surface area contributed by atoms with Crippen LogP contribution in [0.1, 0.15) is 38.1 Å². The van der Waals surface area contributed by atoms with Crippen LogP contribution < -0.4 is 5.32 Å². The molecule has 0 unspecified atom stereocenters. The minimum Gasteiger partial charge on any atom is -0.370 e. The van der Waals surface area contributed by atoms with Crippen molar-refractivity contribution in [1.82, 2.24) is 9.97 Å². The lowest BCUT2D eigenvalue weighted by molar-refractivity contribution is 0.628. The van der Waals surface area contributed by atoms with Crippen LogP contribution in [-0.4, -0.2) is 16.5 Å². The molecule has 0 bridgehead atoms. The molecule has 5 heteroatoms. The zero-order valence-electron chi connectivity index (χ0n) is 12.7. The number of hydrogen-bond acceptors (Lipinski definition) is 3. The molecular formula is C16H19ClFN3. The van der Waals surface area contributed by atoms with Crippen LogP contribution in [0.25, 0.3) is 11.3 Å². The SMILES string of the molecule is CCNc1nc(C(C)C)nc(-c2ccc(F)c(Cl)c2)c1C. The molecule has 0 aliphatic rings. The van der Waals surface area contributed by atoms with Crippen LogP contribution in [0.3, 0.4) is 0 Å². The predicted molar refractivity (Wildman–Crippen MR) is 85.4 cm³/mol. The molecule has 3 nitrogen and oxygen atoms in total. The fourth-order valence-corrected chi connectivity index (χ4v) is 2.24. The summed E-state index contributed by atoms with van der Waals surface area (Å²) in [6, 6.07) is 4.66. The number of aromatic nitrogens is 2. The van der Waals surface area contributed by atoms with Crippen molar-refractivity contribution in [3.8, 4) is 11.3 Å². The molecule has 0 aliphatic carbocycles. The van der Waals surface area contributed by atoms with E-state index in [9.17, 15) is 4.39 Å². The zero-order valence-corrected chi connectivity index (χ0v) is 13.4. The van der Waals surface area contributed by atoms with Crippen molar-refractivity contribution in [1.29, 1.82) is 0 Å². The second-order valence-electron chi connectivity index (χ2n) is 5.22. The molecule has 1 aromatic carbocycles. The Kier molecular flexibility index (Phi) is 4.78. The highest BCUT2D eigenvalue weighted by Gasteiger charge is 2.15. The van der Waals surface area contributed by atoms with E-state index in [1.807, 2.05) is 27.7 Å². The Morgan fingerprint density at radius 1 is 1.29 bits per heavy atom. The van der Waals surface area contributed by atoms with Gasteiger partial charge in [0.1, 0.15) is 17.5 Å². The van der Waals surface area contributed by atoms with Crippen LogP contribution in [-0.2, 0) is 0 Å². The van der Waals surface area contributed by atoms with Gasteiger partial charge in [-0.3, -0.25) is 0 Å². The van der Waals surface area contributed by atoms with Crippen LogP contribution in [0.2, 0.25) is 5.02 Å². The number of nitrogens with zero attached hydrogens (tertiary/aromatic N) is 2. The Bertz CT molecular complexity index is 656. The molecule has 1 aromatic heterocycles. The van der Waals surface area contributed by atoms with E-state index in [2.05, 4.69) is 15.3 Å². The highest BCUT2D eigenvalue weighted by Crippen LogP contribution is 2.30. The molecule has 1 heterocycles. The van der Waals surface area contributed by atoms with Gasteiger partial charge in [-0.1, -0.05) is 25.4 Å². The Morgan fingerprint density at radius 2 is 2.00 bits per heavy atom. The molecule has 0 saturated heterocycles. The molecule has 1 N–H and O–H groups in total. The number of nitrogens with one attached hydrogen (secondary N) is 1. The second-order valence-corrected chi connectivity index (χ2v) is 5.63. The molecule has 21 heavy (non-hydrogen) atoms. The van der Waals surface area contributed by atoms with Gasteiger partial charge in [-0.25, -0.2) is 14.4 Å². The van der Waals surface area contributed by atoms with Crippen molar-refractivity contribution in [3.63, 3.8) is 0 Å². The van der Waals surface area contributed by atoms with Crippen LogP contribution >= 0.6 is 11.6 Å². The van der Waals surface area contributed by atoms with Crippen molar-refractivity contribution in [2.45, 2.75) is 33.6 Å². The first-order chi connectivity index (χ1) is 9.93. The number of anilines is 1. The lowest BCUT2D eigenvalue weighted by Crippen LogP contribution is -2.09. The van der Waals surface area contributed by atoms with E-state index >= 15 is 0 Å². The van der Waals surface area contributed by atoms with Gasteiger partial charge in [-0.15, -0.1) is 0 Å². The van der Waals surface area contributed by atoms with Crippen molar-refractivity contribution >= 4 is 17.4 Å². The number of hydrogen-bond donors (Lipinski definition) is 1. The first-order valence-electron chi connectivity index (χ1n) is 7.01. The van der Waals surface area contributed by atoms with E-state index < -0.39 is 5.82 Å². The van der Waals surface area contributed by atoms with E-state index in [1.165, 1.54) is 6.07 Å². The molecule has 0 aliphatic heterocycles. The van der Waals surface area contributed by atoms with E-state index in [1.54, 1.807) is 12.1 Å². The third-order valence-electron chi connectivity index (χ3n) is 3.22. The van der Waals surface area contributed by atoms with Crippen LogP contribution in [0.5, 0.6) is 0 Å². The molecular weight excluding hydrogens is 289 g/mol. The van der Waals surface area contributed by atoms with Gasteiger partial charge in [0, 0.05) is 23.6 Å². The van der Waals surface area contributed by atoms with E-state index in [4.69, 9.17) is 11.6 Å². The third-order valence-corrected chi connectivity index (χ3v) is 3.51. The highest BCUT2D eigenvalue weighted by molar-refractivity contribution is 6.31. The van der Waals surface area contributed by atoms with Gasteiger partial charge in [0.2, 0.25) is 0 Å². The van der Waals surface area contributed by atoms with Crippen LogP contribution in [0, 0.1) is 12.7 Å². The number of benzene rings is 1. The molecule has 0 amide bonds. The summed E-state index contributed by atoms with van der Waals surface area (Å²) in [6.45, 7) is 8.84. The average molecular weight is 308 g/mol. The molecule has 0 spiro atoms. The monoisotopic (exact) mass is 307 g/mol. The van der Waals surface area contributed by atoms with E-state index in [0.717, 1.165) is 35.0 Å². The predicted octanol–water partition coefficient (Wildman–Crippen LogP) is 4.80. The maximum atomic E-state index is 13.3. The van der Waals surface area contributed by atoms with E-state index in [-0.39, 0.29) is 10.9 Å². The summed E-state index contributed by atoms with van der Waals surface area (Å²) in [5, 5.41) is 3.35. The summed E-state index contributed by atoms with van der Waals surface area (Å²) in [5.41, 5.74) is 2.51. The minimum absolute atomic E-state index is 0.0987. The molecule has 0 radical (unpaired) electrons. The molecule has 0 atom stereocenters. The Morgan fingerprint density at radius 3 is 2.57 bits per heavy atom. The fourth-order valence-electron chi connectivity index (χ4n) is 2.06. The quantitative estimate of drug-likeness (QED) is 0.881. The van der Waals surface area contributed by atoms with Crippen molar-refractivity contribution in [2.75, 3.05) is 11.9 Å². The van der Waals surface area contributed by atoms with Crippen molar-refractivity contribution in [2.24, 2.45) is 0 Å². The maximum absolute atomic E-state index is 13.3. The van der Waals surface area contributed by atoms with Crippen molar-refractivity contribution in [3.05, 3.63) is 40.4 Å². The Hall–Kier alpha value is -1.68. The maximum Gasteiger partial charge on any atom is 0.141 e. The standard InChI is InChI=1S/C16H19ClFN3/c1-5-19-16-10(4)14(20-15(21-16)9(2)3)11-6-7-13(18)12(17)8-11/h6-9H,5H2,1-4H3,(H,19,20,21). The third kappa shape index (κ3) is 3.32. The topological polar surface area (TPSA) is 37.8 Å². The Labute approximate surface area is 129 Å². The number of halogens is 2. The minimum atomic E-state index is -0.428. The smallest absolute Gasteiger partial charge is 0.141 e. The average Bonchev–Trinajstić information content (AvgIpc) is 2.44. The molecule has 112 valence electrons. The summed E-state index contributed by atoms with van der Waals surface area (Å²) in [7, 11) is 0. The Balaban J connectivity index is 2.62. The van der Waals surface area contributed by atoms with Gasteiger partial charge in [0.15, 0.2) is 0 Å². The van der Waals surface area contributed by atoms with Crippen LogP contribution in [0.4, 0.5) is 10.2 Å². The van der Waals surface area contributed by atoms with Crippen LogP contribution in [0.15, 0.2) is 18.2 Å². The first-order valence-corrected chi connectivity index (χ1v) is 7.39. The fraction of sp³-hybridized carbons (Fsp3) is 0.375. The lowest BCUT2D eigenvalue weighted by atomic mass is 10.1. The molecule has 2 aromatic rings. The first kappa shape index (κ1) is 15.7. The summed E-state index contributed by atoms with van der Waals surface area (Å²) < 4.78 is 13.3. The summed E-state index contributed by atoms with van der Waals surface area (Å²) in [6.07, 6.45) is 0. The van der Waals surface area contributed by atoms with Crippen molar-refractivity contribution < 1.29 is 4.39 Å². The van der Waals surface area contributed by atoms with Gasteiger partial charge in [-0.05, 0) is 32.0 Å². The summed E-state index contributed by atoms with van der Waals surface area (Å²) >= 11 is 5.89. The molecule has 0 saturated carbocycles.